The molecule has 1 unspecified atom stereocenters. The van der Waals surface area contributed by atoms with E-state index in [4.69, 9.17) is 21.0 Å². The first kappa shape index (κ1) is 20.2. The zero-order valence-corrected chi connectivity index (χ0v) is 15.6. The maximum atomic E-state index is 12.1. The van der Waals surface area contributed by atoms with Crippen LogP contribution in [0.1, 0.15) is 32.6 Å². The molecule has 1 saturated heterocycles. The number of nitrogens with zero attached hydrogens (tertiary/aromatic N) is 6. The molecule has 1 aliphatic rings. The van der Waals surface area contributed by atoms with Crippen LogP contribution in [0.5, 0.6) is 0 Å². The summed E-state index contributed by atoms with van der Waals surface area (Å²) in [4.78, 5) is 24.5. The summed E-state index contributed by atoms with van der Waals surface area (Å²) in [6.45, 7) is 4.27. The third kappa shape index (κ3) is 5.20. The highest BCUT2D eigenvalue weighted by molar-refractivity contribution is 5.78. The van der Waals surface area contributed by atoms with Gasteiger partial charge in [-0.1, -0.05) is 0 Å². The zero-order chi connectivity index (χ0) is 19.6. The van der Waals surface area contributed by atoms with Crippen molar-refractivity contribution < 1.29 is 9.53 Å². The van der Waals surface area contributed by atoms with Crippen LogP contribution in [0, 0.1) is 28.6 Å². The van der Waals surface area contributed by atoms with Gasteiger partial charge in [0.2, 0.25) is 0 Å². The number of hydrogen-bond acceptors (Lipinski definition) is 9. The molecule has 0 amide bonds. The average molecular weight is 371 g/mol. The van der Waals surface area contributed by atoms with Crippen LogP contribution in [0.4, 0.5) is 17.3 Å². The summed E-state index contributed by atoms with van der Waals surface area (Å²) in [7, 11) is 0. The molecule has 0 spiro atoms. The van der Waals surface area contributed by atoms with Gasteiger partial charge in [-0.05, 0) is 19.8 Å². The Morgan fingerprint density at radius 3 is 2.70 bits per heavy atom. The number of carbonyl (C=O) groups excluding carboxylic acids is 1. The molecule has 27 heavy (non-hydrogen) atoms. The molecule has 144 valence electrons. The Bertz CT molecular complexity index is 707. The van der Waals surface area contributed by atoms with E-state index in [0.29, 0.717) is 56.4 Å². The molecule has 1 aromatic rings. The molecule has 2 rings (SSSR count). The Kier molecular flexibility index (Phi) is 7.63. The Morgan fingerprint density at radius 1 is 1.37 bits per heavy atom. The normalized spacial score (nSPS) is 16.3. The summed E-state index contributed by atoms with van der Waals surface area (Å²) in [6, 6.07) is 4.20. The first-order valence-corrected chi connectivity index (χ1v) is 9.13. The number of nitrogens with two attached hydrogens (primary N) is 1. The van der Waals surface area contributed by atoms with Crippen molar-refractivity contribution in [1.29, 1.82) is 10.5 Å². The van der Waals surface area contributed by atoms with Crippen molar-refractivity contribution in [1.82, 2.24) is 9.97 Å². The molecule has 9 heteroatoms. The van der Waals surface area contributed by atoms with Crippen LogP contribution in [0.2, 0.25) is 0 Å². The van der Waals surface area contributed by atoms with Crippen LogP contribution in [-0.4, -0.2) is 48.7 Å². The largest absolute Gasteiger partial charge is 0.466 e. The Labute approximate surface area is 159 Å². The fourth-order valence-corrected chi connectivity index (χ4v) is 3.20. The van der Waals surface area contributed by atoms with Crippen molar-refractivity contribution in [2.45, 2.75) is 32.6 Å². The summed E-state index contributed by atoms with van der Waals surface area (Å²) in [6.07, 6.45) is 3.66. The van der Waals surface area contributed by atoms with Gasteiger partial charge in [0.25, 0.3) is 0 Å². The summed E-state index contributed by atoms with van der Waals surface area (Å²) < 4.78 is 5.15. The first-order valence-electron chi connectivity index (χ1n) is 9.13. The lowest BCUT2D eigenvalue weighted by molar-refractivity contribution is -0.148. The summed E-state index contributed by atoms with van der Waals surface area (Å²) in [5, 5.41) is 17.8. The minimum absolute atomic E-state index is 0.195. The predicted molar refractivity (Wildman–Crippen MR) is 101 cm³/mol. The van der Waals surface area contributed by atoms with Crippen molar-refractivity contribution in [3.63, 3.8) is 0 Å². The molecule has 1 atom stereocenters. The van der Waals surface area contributed by atoms with E-state index in [1.165, 1.54) is 6.33 Å². The third-order valence-corrected chi connectivity index (χ3v) is 4.47. The minimum Gasteiger partial charge on any atom is -0.466 e. The molecular weight excluding hydrogens is 346 g/mol. The maximum Gasteiger partial charge on any atom is 0.310 e. The Balaban J connectivity index is 2.23. The number of ether oxygens (including phenoxy) is 1. The minimum atomic E-state index is -0.204. The second-order valence-electron chi connectivity index (χ2n) is 6.28. The number of rotatable bonds is 8. The van der Waals surface area contributed by atoms with Crippen molar-refractivity contribution >= 4 is 23.3 Å². The summed E-state index contributed by atoms with van der Waals surface area (Å²) >= 11 is 0. The topological polar surface area (TPSA) is 132 Å². The van der Waals surface area contributed by atoms with Gasteiger partial charge >= 0.3 is 5.97 Å². The second kappa shape index (κ2) is 10.2. The van der Waals surface area contributed by atoms with Gasteiger partial charge in [0.1, 0.15) is 12.0 Å². The van der Waals surface area contributed by atoms with E-state index in [9.17, 15) is 4.79 Å². The lowest BCUT2D eigenvalue weighted by Gasteiger charge is -2.34. The van der Waals surface area contributed by atoms with E-state index in [0.717, 1.165) is 19.4 Å². The van der Waals surface area contributed by atoms with Crippen molar-refractivity contribution in [3.05, 3.63) is 6.33 Å². The molecule has 0 bridgehead atoms. The molecule has 0 saturated carbocycles. The lowest BCUT2D eigenvalue weighted by atomic mass is 9.98. The van der Waals surface area contributed by atoms with Gasteiger partial charge in [-0.2, -0.15) is 10.5 Å². The molecule has 0 radical (unpaired) electrons. The molecule has 1 fully saturated rings. The SMILES string of the molecule is CCOC(=O)C1CCCN(c2ncnc(N(CCC#N)CCC#N)c2N)C1. The van der Waals surface area contributed by atoms with Crippen LogP contribution in [0.25, 0.3) is 0 Å². The van der Waals surface area contributed by atoms with Crippen LogP contribution in [0.3, 0.4) is 0 Å². The fraction of sp³-hybridized carbons (Fsp3) is 0.611. The number of aromatic nitrogens is 2. The van der Waals surface area contributed by atoms with E-state index in [1.54, 1.807) is 6.92 Å². The van der Waals surface area contributed by atoms with Crippen LogP contribution in [-0.2, 0) is 9.53 Å². The van der Waals surface area contributed by atoms with Gasteiger partial charge in [0.15, 0.2) is 11.6 Å². The Morgan fingerprint density at radius 2 is 2.07 bits per heavy atom. The summed E-state index contributed by atoms with van der Waals surface area (Å²) in [5.41, 5.74) is 6.75. The second-order valence-corrected chi connectivity index (χ2v) is 6.28. The quantitative estimate of drug-likeness (QED) is 0.674. The van der Waals surface area contributed by atoms with Gasteiger partial charge in [0.05, 0.1) is 37.5 Å². The van der Waals surface area contributed by atoms with E-state index in [2.05, 4.69) is 22.1 Å². The smallest absolute Gasteiger partial charge is 0.310 e. The molecule has 2 N–H and O–H groups in total. The van der Waals surface area contributed by atoms with E-state index in [-0.39, 0.29) is 11.9 Å². The van der Waals surface area contributed by atoms with Gasteiger partial charge in [-0.3, -0.25) is 4.79 Å². The van der Waals surface area contributed by atoms with Crippen LogP contribution in [0.15, 0.2) is 6.33 Å². The maximum absolute atomic E-state index is 12.1. The molecule has 1 aromatic heterocycles. The van der Waals surface area contributed by atoms with E-state index >= 15 is 0 Å². The number of piperidine rings is 1. The average Bonchev–Trinajstić information content (AvgIpc) is 2.69. The van der Waals surface area contributed by atoms with Crippen molar-refractivity contribution in [2.24, 2.45) is 5.92 Å². The fourth-order valence-electron chi connectivity index (χ4n) is 3.20. The number of esters is 1. The molecule has 0 aromatic carbocycles. The van der Waals surface area contributed by atoms with Gasteiger partial charge < -0.3 is 20.3 Å². The highest BCUT2D eigenvalue weighted by Gasteiger charge is 2.29. The molecular formula is C18H25N7O2. The van der Waals surface area contributed by atoms with Crippen molar-refractivity contribution in [2.75, 3.05) is 48.3 Å². The van der Waals surface area contributed by atoms with E-state index < -0.39 is 0 Å². The van der Waals surface area contributed by atoms with Crippen LogP contribution >= 0.6 is 0 Å². The lowest BCUT2D eigenvalue weighted by Crippen LogP contribution is -2.40. The number of nitrogen functional groups attached to an aromatic ring is 1. The van der Waals surface area contributed by atoms with Gasteiger partial charge in [-0.25, -0.2) is 9.97 Å². The highest BCUT2D eigenvalue weighted by atomic mass is 16.5. The third-order valence-electron chi connectivity index (χ3n) is 4.47. The first-order chi connectivity index (χ1) is 13.1. The standard InChI is InChI=1S/C18H25N7O2/c1-2-27-18(26)14-6-3-9-25(12-14)17-15(21)16(22-13-23-17)24(10-4-7-19)11-5-8-20/h13-14H,2-6,9-12,21H2,1H3. The molecule has 1 aliphatic heterocycles. The van der Waals surface area contributed by atoms with Crippen molar-refractivity contribution in [3.8, 4) is 12.1 Å². The molecule has 0 aliphatic carbocycles. The van der Waals surface area contributed by atoms with Crippen LogP contribution < -0.4 is 15.5 Å². The Hall–Kier alpha value is -3.07. The predicted octanol–water partition coefficient (Wildman–Crippen LogP) is 1.47. The zero-order valence-electron chi connectivity index (χ0n) is 15.6. The summed E-state index contributed by atoms with van der Waals surface area (Å²) in [5.74, 6) is 0.696. The molecule has 9 nitrogen and oxygen atoms in total. The number of anilines is 3. The number of nitriles is 2. The molecule has 2 heterocycles. The number of carbonyl (C=O) groups is 1. The monoisotopic (exact) mass is 371 g/mol. The van der Waals surface area contributed by atoms with E-state index in [1.807, 2.05) is 9.80 Å². The van der Waals surface area contributed by atoms with Gasteiger partial charge in [0, 0.05) is 26.2 Å². The highest BCUT2D eigenvalue weighted by Crippen LogP contribution is 2.32. The number of hydrogen-bond donors (Lipinski definition) is 1. The van der Waals surface area contributed by atoms with Gasteiger partial charge in [-0.15, -0.1) is 0 Å².